The molecule has 2 heterocycles. The Morgan fingerprint density at radius 2 is 2.33 bits per heavy atom. The number of rotatable bonds is 6. The Bertz CT molecular complexity index is 557. The van der Waals surface area contributed by atoms with E-state index in [1.165, 1.54) is 4.31 Å². The fourth-order valence-corrected chi connectivity index (χ4v) is 3.37. The highest BCUT2D eigenvalue weighted by molar-refractivity contribution is 7.88. The highest BCUT2D eigenvalue weighted by atomic mass is 32.2. The van der Waals surface area contributed by atoms with Gasteiger partial charge < -0.3 is 15.2 Å². The SMILES string of the molecule is CS(=O)(=O)N1CCNC[C@@H]1C(=O)NCCCn1ccnc1. The Kier molecular flexibility index (Phi) is 5.32. The molecule has 21 heavy (non-hydrogen) atoms. The standard InChI is InChI=1S/C12H21N5O3S/c1-21(19,20)17-8-5-13-9-11(17)12(18)15-3-2-6-16-7-4-14-10-16/h4,7,10-11,13H,2-3,5-6,8-9H2,1H3,(H,15,18)/t11-/m1/s1. The minimum absolute atomic E-state index is 0.252. The van der Waals surface area contributed by atoms with E-state index in [0.717, 1.165) is 19.2 Å². The molecule has 118 valence electrons. The summed E-state index contributed by atoms with van der Waals surface area (Å²) in [5, 5.41) is 5.85. The number of hydrogen-bond acceptors (Lipinski definition) is 5. The van der Waals surface area contributed by atoms with Crippen molar-refractivity contribution in [2.75, 3.05) is 32.4 Å². The van der Waals surface area contributed by atoms with Gasteiger partial charge in [-0.25, -0.2) is 13.4 Å². The average molecular weight is 315 g/mol. The highest BCUT2D eigenvalue weighted by Gasteiger charge is 2.34. The molecule has 9 heteroatoms. The second kappa shape index (κ2) is 7.01. The number of aromatic nitrogens is 2. The van der Waals surface area contributed by atoms with Crippen LogP contribution in [-0.4, -0.2) is 66.7 Å². The van der Waals surface area contributed by atoms with E-state index in [1.807, 2.05) is 10.8 Å². The number of carbonyl (C=O) groups is 1. The van der Waals surface area contributed by atoms with E-state index in [2.05, 4.69) is 15.6 Å². The fourth-order valence-electron chi connectivity index (χ4n) is 2.32. The van der Waals surface area contributed by atoms with Gasteiger partial charge >= 0.3 is 0 Å². The lowest BCUT2D eigenvalue weighted by molar-refractivity contribution is -0.125. The van der Waals surface area contributed by atoms with Crippen molar-refractivity contribution in [1.82, 2.24) is 24.5 Å². The number of nitrogens with zero attached hydrogens (tertiary/aromatic N) is 3. The van der Waals surface area contributed by atoms with E-state index in [4.69, 9.17) is 0 Å². The van der Waals surface area contributed by atoms with Gasteiger partial charge in [0.1, 0.15) is 6.04 Å². The van der Waals surface area contributed by atoms with Gasteiger partial charge in [-0.05, 0) is 6.42 Å². The van der Waals surface area contributed by atoms with Crippen LogP contribution in [-0.2, 0) is 21.4 Å². The Labute approximate surface area is 124 Å². The van der Waals surface area contributed by atoms with Crippen LogP contribution in [0.1, 0.15) is 6.42 Å². The maximum atomic E-state index is 12.1. The molecular formula is C12H21N5O3S. The molecule has 0 aromatic carbocycles. The maximum Gasteiger partial charge on any atom is 0.239 e. The molecule has 1 aromatic rings. The first-order valence-electron chi connectivity index (χ1n) is 6.89. The topological polar surface area (TPSA) is 96.3 Å². The summed E-state index contributed by atoms with van der Waals surface area (Å²) in [6.07, 6.45) is 7.19. The molecule has 8 nitrogen and oxygen atoms in total. The third-order valence-corrected chi connectivity index (χ3v) is 4.66. The van der Waals surface area contributed by atoms with Gasteiger partial charge in [-0.1, -0.05) is 0 Å². The van der Waals surface area contributed by atoms with Gasteiger partial charge in [0, 0.05) is 45.1 Å². The van der Waals surface area contributed by atoms with Crippen molar-refractivity contribution in [3.63, 3.8) is 0 Å². The first-order valence-corrected chi connectivity index (χ1v) is 8.74. The molecule has 2 rings (SSSR count). The number of hydrogen-bond donors (Lipinski definition) is 2. The van der Waals surface area contributed by atoms with Gasteiger partial charge in [0.25, 0.3) is 0 Å². The van der Waals surface area contributed by atoms with Crippen LogP contribution in [0.5, 0.6) is 0 Å². The van der Waals surface area contributed by atoms with Crippen molar-refractivity contribution in [3.05, 3.63) is 18.7 Å². The molecule has 1 amide bonds. The molecule has 1 fully saturated rings. The Morgan fingerprint density at radius 3 is 3.00 bits per heavy atom. The number of sulfonamides is 1. The number of nitrogens with one attached hydrogen (secondary N) is 2. The molecule has 0 aliphatic carbocycles. The lowest BCUT2D eigenvalue weighted by atomic mass is 10.2. The van der Waals surface area contributed by atoms with Gasteiger partial charge in [0.15, 0.2) is 0 Å². The summed E-state index contributed by atoms with van der Waals surface area (Å²) in [5.74, 6) is -0.252. The molecule has 1 atom stereocenters. The van der Waals surface area contributed by atoms with Crippen LogP contribution in [0, 0.1) is 0 Å². The molecule has 1 aromatic heterocycles. The number of amides is 1. The highest BCUT2D eigenvalue weighted by Crippen LogP contribution is 2.08. The monoisotopic (exact) mass is 315 g/mol. The zero-order valence-corrected chi connectivity index (χ0v) is 12.8. The molecule has 0 unspecified atom stereocenters. The molecule has 1 aliphatic rings. The van der Waals surface area contributed by atoms with E-state index < -0.39 is 16.1 Å². The Hall–Kier alpha value is -1.45. The third-order valence-electron chi connectivity index (χ3n) is 3.37. The number of piperazine rings is 1. The van der Waals surface area contributed by atoms with Crippen molar-refractivity contribution < 1.29 is 13.2 Å². The molecule has 2 N–H and O–H groups in total. The van der Waals surface area contributed by atoms with Gasteiger partial charge in [0.2, 0.25) is 15.9 Å². The molecule has 1 aliphatic heterocycles. The zero-order chi connectivity index (χ0) is 15.3. The van der Waals surface area contributed by atoms with Gasteiger partial charge in [-0.15, -0.1) is 0 Å². The maximum absolute atomic E-state index is 12.1. The van der Waals surface area contributed by atoms with E-state index >= 15 is 0 Å². The Morgan fingerprint density at radius 1 is 1.52 bits per heavy atom. The van der Waals surface area contributed by atoms with Crippen LogP contribution in [0.2, 0.25) is 0 Å². The molecule has 0 spiro atoms. The van der Waals surface area contributed by atoms with Crippen LogP contribution in [0.3, 0.4) is 0 Å². The summed E-state index contributed by atoms with van der Waals surface area (Å²) in [4.78, 5) is 16.1. The van der Waals surface area contributed by atoms with E-state index in [1.54, 1.807) is 12.5 Å². The predicted molar refractivity (Wildman–Crippen MR) is 78.1 cm³/mol. The summed E-state index contributed by atoms with van der Waals surface area (Å²) in [7, 11) is -3.37. The zero-order valence-electron chi connectivity index (χ0n) is 12.0. The molecule has 1 saturated heterocycles. The second-order valence-corrected chi connectivity index (χ2v) is 6.97. The average Bonchev–Trinajstić information content (AvgIpc) is 2.95. The Balaban J connectivity index is 1.81. The summed E-state index contributed by atoms with van der Waals surface area (Å²) in [5.41, 5.74) is 0. The second-order valence-electron chi connectivity index (χ2n) is 5.04. The predicted octanol–water partition coefficient (Wildman–Crippen LogP) is -1.38. The molecule has 0 radical (unpaired) electrons. The van der Waals surface area contributed by atoms with E-state index in [0.29, 0.717) is 26.2 Å². The summed E-state index contributed by atoms with van der Waals surface area (Å²) < 4.78 is 26.6. The summed E-state index contributed by atoms with van der Waals surface area (Å²) in [6, 6.07) is -0.665. The largest absolute Gasteiger partial charge is 0.355 e. The summed E-state index contributed by atoms with van der Waals surface area (Å²) in [6.45, 7) is 2.51. The fraction of sp³-hybridized carbons (Fsp3) is 0.667. The smallest absolute Gasteiger partial charge is 0.239 e. The molecular weight excluding hydrogens is 294 g/mol. The summed E-state index contributed by atoms with van der Waals surface area (Å²) >= 11 is 0. The molecule has 0 bridgehead atoms. The third kappa shape index (κ3) is 4.51. The number of imidazole rings is 1. The van der Waals surface area contributed by atoms with Crippen LogP contribution >= 0.6 is 0 Å². The lowest BCUT2D eigenvalue weighted by Crippen LogP contribution is -2.59. The van der Waals surface area contributed by atoms with Crippen LogP contribution in [0.4, 0.5) is 0 Å². The van der Waals surface area contributed by atoms with Crippen molar-refractivity contribution >= 4 is 15.9 Å². The minimum Gasteiger partial charge on any atom is -0.355 e. The van der Waals surface area contributed by atoms with Gasteiger partial charge in [0.05, 0.1) is 12.6 Å². The van der Waals surface area contributed by atoms with E-state index in [9.17, 15) is 13.2 Å². The van der Waals surface area contributed by atoms with Crippen molar-refractivity contribution in [2.45, 2.75) is 19.0 Å². The van der Waals surface area contributed by atoms with Crippen molar-refractivity contribution in [3.8, 4) is 0 Å². The quantitative estimate of drug-likeness (QED) is 0.631. The van der Waals surface area contributed by atoms with Gasteiger partial charge in [-0.3, -0.25) is 4.79 Å². The lowest BCUT2D eigenvalue weighted by Gasteiger charge is -2.33. The number of carbonyl (C=O) groups excluding carboxylic acids is 1. The first-order chi connectivity index (χ1) is 9.98. The minimum atomic E-state index is -3.37. The van der Waals surface area contributed by atoms with Crippen LogP contribution in [0.25, 0.3) is 0 Å². The first kappa shape index (κ1) is 15.9. The van der Waals surface area contributed by atoms with Crippen LogP contribution < -0.4 is 10.6 Å². The molecule has 0 saturated carbocycles. The normalized spacial score (nSPS) is 20.3. The van der Waals surface area contributed by atoms with Gasteiger partial charge in [-0.2, -0.15) is 4.31 Å². The van der Waals surface area contributed by atoms with Crippen molar-refractivity contribution in [1.29, 1.82) is 0 Å². The van der Waals surface area contributed by atoms with E-state index in [-0.39, 0.29) is 5.91 Å². The van der Waals surface area contributed by atoms with Crippen molar-refractivity contribution in [2.24, 2.45) is 0 Å². The van der Waals surface area contributed by atoms with Crippen LogP contribution in [0.15, 0.2) is 18.7 Å². The number of aryl methyl sites for hydroxylation is 1.